The Morgan fingerprint density at radius 3 is 2.40 bits per heavy atom. The van der Waals surface area contributed by atoms with E-state index in [1.165, 1.54) is 18.4 Å². The van der Waals surface area contributed by atoms with Gasteiger partial charge in [0.1, 0.15) is 6.04 Å². The van der Waals surface area contributed by atoms with Crippen molar-refractivity contribution in [2.45, 2.75) is 71.4 Å². The largest absolute Gasteiger partial charge is 0.350 e. The molecule has 25 heavy (non-hydrogen) atoms. The highest BCUT2D eigenvalue weighted by Crippen LogP contribution is 2.39. The van der Waals surface area contributed by atoms with E-state index in [1.54, 1.807) is 4.90 Å². The Labute approximate surface area is 151 Å². The van der Waals surface area contributed by atoms with Gasteiger partial charge in [-0.25, -0.2) is 0 Å². The Kier molecular flexibility index (Phi) is 5.16. The number of hydrogen-bond donors (Lipinski definition) is 1. The molecule has 1 saturated carbocycles. The van der Waals surface area contributed by atoms with E-state index in [0.717, 1.165) is 24.3 Å². The van der Waals surface area contributed by atoms with Gasteiger partial charge in [0.15, 0.2) is 0 Å². The van der Waals surface area contributed by atoms with Crippen molar-refractivity contribution in [2.75, 3.05) is 6.54 Å². The summed E-state index contributed by atoms with van der Waals surface area (Å²) in [6, 6.07) is 8.25. The molecule has 1 atom stereocenters. The fourth-order valence-corrected chi connectivity index (χ4v) is 3.52. The van der Waals surface area contributed by atoms with Crippen LogP contribution < -0.4 is 5.32 Å². The SMILES string of the molecule is CC(C)(C)CC(=O)N1CCC[C@H]1C(=O)NCc1ccc(C2CC2)cc1. The third kappa shape index (κ3) is 4.83. The molecule has 1 aromatic carbocycles. The Balaban J connectivity index is 1.53. The van der Waals surface area contributed by atoms with Crippen LogP contribution in [0, 0.1) is 5.41 Å². The van der Waals surface area contributed by atoms with E-state index >= 15 is 0 Å². The molecule has 1 aromatic rings. The molecule has 4 nitrogen and oxygen atoms in total. The predicted molar refractivity (Wildman–Crippen MR) is 99.1 cm³/mol. The van der Waals surface area contributed by atoms with Crippen molar-refractivity contribution in [3.63, 3.8) is 0 Å². The first-order valence-corrected chi connectivity index (χ1v) is 9.49. The minimum atomic E-state index is -0.305. The van der Waals surface area contributed by atoms with Crippen molar-refractivity contribution < 1.29 is 9.59 Å². The van der Waals surface area contributed by atoms with E-state index in [2.05, 4.69) is 50.4 Å². The summed E-state index contributed by atoms with van der Waals surface area (Å²) < 4.78 is 0. The van der Waals surface area contributed by atoms with Gasteiger partial charge in [0, 0.05) is 19.5 Å². The molecule has 1 N–H and O–H groups in total. The van der Waals surface area contributed by atoms with Gasteiger partial charge in [-0.15, -0.1) is 0 Å². The van der Waals surface area contributed by atoms with Gasteiger partial charge in [-0.1, -0.05) is 45.0 Å². The van der Waals surface area contributed by atoms with Crippen LogP contribution >= 0.6 is 0 Å². The minimum absolute atomic E-state index is 0.0222. The zero-order valence-electron chi connectivity index (χ0n) is 15.7. The van der Waals surface area contributed by atoms with E-state index in [9.17, 15) is 9.59 Å². The summed E-state index contributed by atoms with van der Waals surface area (Å²) in [5.74, 6) is 0.828. The fourth-order valence-electron chi connectivity index (χ4n) is 3.52. The molecule has 2 aliphatic rings. The molecule has 2 amide bonds. The molecule has 136 valence electrons. The lowest BCUT2D eigenvalue weighted by atomic mass is 9.91. The van der Waals surface area contributed by atoms with Gasteiger partial charge in [0.2, 0.25) is 11.8 Å². The third-order valence-corrected chi connectivity index (χ3v) is 5.05. The molecule has 1 aliphatic heterocycles. The van der Waals surface area contributed by atoms with Crippen LogP contribution in [0.3, 0.4) is 0 Å². The number of nitrogens with zero attached hydrogens (tertiary/aromatic N) is 1. The fraction of sp³-hybridized carbons (Fsp3) is 0.619. The monoisotopic (exact) mass is 342 g/mol. The number of hydrogen-bond acceptors (Lipinski definition) is 2. The number of carbonyl (C=O) groups excluding carboxylic acids is 2. The van der Waals surface area contributed by atoms with Gasteiger partial charge in [-0.05, 0) is 48.1 Å². The summed E-state index contributed by atoms with van der Waals surface area (Å²) in [7, 11) is 0. The number of carbonyl (C=O) groups is 2. The maximum Gasteiger partial charge on any atom is 0.243 e. The second kappa shape index (κ2) is 7.19. The highest BCUT2D eigenvalue weighted by atomic mass is 16.2. The van der Waals surface area contributed by atoms with E-state index in [0.29, 0.717) is 19.5 Å². The highest BCUT2D eigenvalue weighted by Gasteiger charge is 2.35. The lowest BCUT2D eigenvalue weighted by Gasteiger charge is -2.27. The van der Waals surface area contributed by atoms with Gasteiger partial charge < -0.3 is 10.2 Å². The van der Waals surface area contributed by atoms with Crippen LogP contribution in [0.5, 0.6) is 0 Å². The van der Waals surface area contributed by atoms with Crippen LogP contribution in [0.25, 0.3) is 0 Å². The van der Waals surface area contributed by atoms with E-state index in [-0.39, 0.29) is 23.3 Å². The Morgan fingerprint density at radius 2 is 1.80 bits per heavy atom. The van der Waals surface area contributed by atoms with Crippen LogP contribution in [0.4, 0.5) is 0 Å². The standard InChI is InChI=1S/C21H30N2O2/c1-21(2,3)13-19(24)23-12-4-5-18(23)20(25)22-14-15-6-8-16(9-7-15)17-10-11-17/h6-9,17-18H,4-5,10-14H2,1-3H3,(H,22,25)/t18-/m0/s1. The van der Waals surface area contributed by atoms with Gasteiger partial charge >= 0.3 is 0 Å². The second-order valence-electron chi connectivity index (χ2n) is 8.72. The summed E-state index contributed by atoms with van der Waals surface area (Å²) in [5, 5.41) is 3.02. The van der Waals surface area contributed by atoms with Crippen molar-refractivity contribution in [1.29, 1.82) is 0 Å². The van der Waals surface area contributed by atoms with Gasteiger partial charge in [0.25, 0.3) is 0 Å². The van der Waals surface area contributed by atoms with Gasteiger partial charge in [-0.2, -0.15) is 0 Å². The van der Waals surface area contributed by atoms with Crippen molar-refractivity contribution in [3.8, 4) is 0 Å². The lowest BCUT2D eigenvalue weighted by molar-refractivity contribution is -0.139. The molecular formula is C21H30N2O2. The van der Waals surface area contributed by atoms with Gasteiger partial charge in [-0.3, -0.25) is 9.59 Å². The summed E-state index contributed by atoms with van der Waals surface area (Å²) in [6.07, 6.45) is 4.76. The van der Waals surface area contributed by atoms with Crippen molar-refractivity contribution in [1.82, 2.24) is 10.2 Å². The maximum atomic E-state index is 12.6. The minimum Gasteiger partial charge on any atom is -0.350 e. The second-order valence-corrected chi connectivity index (χ2v) is 8.72. The average molecular weight is 342 g/mol. The molecule has 3 rings (SSSR count). The first kappa shape index (κ1) is 18.0. The topological polar surface area (TPSA) is 49.4 Å². The summed E-state index contributed by atoms with van der Waals surface area (Å²) in [6.45, 7) is 7.40. The molecule has 0 spiro atoms. The molecule has 2 fully saturated rings. The predicted octanol–water partition coefficient (Wildman–Crippen LogP) is 3.61. The van der Waals surface area contributed by atoms with E-state index in [4.69, 9.17) is 0 Å². The molecule has 0 unspecified atom stereocenters. The molecule has 0 radical (unpaired) electrons. The molecule has 1 aliphatic carbocycles. The average Bonchev–Trinajstić information content (AvgIpc) is 3.27. The van der Waals surface area contributed by atoms with Crippen molar-refractivity contribution >= 4 is 11.8 Å². The molecule has 0 aromatic heterocycles. The zero-order chi connectivity index (χ0) is 18.0. The van der Waals surface area contributed by atoms with E-state index < -0.39 is 0 Å². The molecule has 4 heteroatoms. The molecule has 1 heterocycles. The number of nitrogens with one attached hydrogen (secondary N) is 1. The van der Waals surface area contributed by atoms with E-state index in [1.807, 2.05) is 0 Å². The Bertz CT molecular complexity index is 626. The number of benzene rings is 1. The maximum absolute atomic E-state index is 12.6. The molecular weight excluding hydrogens is 312 g/mol. The highest BCUT2D eigenvalue weighted by molar-refractivity contribution is 5.88. The summed E-state index contributed by atoms with van der Waals surface area (Å²) >= 11 is 0. The van der Waals surface area contributed by atoms with Crippen LogP contribution in [-0.4, -0.2) is 29.3 Å². The lowest BCUT2D eigenvalue weighted by Crippen LogP contribution is -2.46. The summed E-state index contributed by atoms with van der Waals surface area (Å²) in [4.78, 5) is 26.9. The van der Waals surface area contributed by atoms with Crippen molar-refractivity contribution in [3.05, 3.63) is 35.4 Å². The van der Waals surface area contributed by atoms with Crippen LogP contribution in [0.2, 0.25) is 0 Å². The van der Waals surface area contributed by atoms with Crippen molar-refractivity contribution in [2.24, 2.45) is 5.41 Å². The van der Waals surface area contributed by atoms with Crippen LogP contribution in [0.1, 0.15) is 69.9 Å². The Morgan fingerprint density at radius 1 is 1.12 bits per heavy atom. The molecule has 1 saturated heterocycles. The first-order valence-electron chi connectivity index (χ1n) is 9.49. The number of likely N-dealkylation sites (tertiary alicyclic amines) is 1. The third-order valence-electron chi connectivity index (χ3n) is 5.05. The van der Waals surface area contributed by atoms with Gasteiger partial charge in [0.05, 0.1) is 0 Å². The number of rotatable bonds is 5. The smallest absolute Gasteiger partial charge is 0.243 e. The quantitative estimate of drug-likeness (QED) is 0.889. The first-order chi connectivity index (χ1) is 11.8. The summed E-state index contributed by atoms with van der Waals surface area (Å²) in [5.41, 5.74) is 2.47. The number of amides is 2. The van der Waals surface area contributed by atoms with Crippen LogP contribution in [0.15, 0.2) is 24.3 Å². The molecule has 0 bridgehead atoms. The normalized spacial score (nSPS) is 20.6. The van der Waals surface area contributed by atoms with Crippen LogP contribution in [-0.2, 0) is 16.1 Å². The zero-order valence-corrected chi connectivity index (χ0v) is 15.7. The Hall–Kier alpha value is -1.84.